The van der Waals surface area contributed by atoms with Crippen LogP contribution in [0.25, 0.3) is 112 Å². The van der Waals surface area contributed by atoms with Crippen molar-refractivity contribution < 1.29 is 8.83 Å². The van der Waals surface area contributed by atoms with Crippen molar-refractivity contribution in [3.8, 4) is 51.1 Å². The van der Waals surface area contributed by atoms with Crippen LogP contribution in [0.1, 0.15) is 23.6 Å². The molecule has 5 aromatic heterocycles. The van der Waals surface area contributed by atoms with Crippen LogP contribution in [-0.2, 0) is 6.42 Å². The van der Waals surface area contributed by atoms with Crippen molar-refractivity contribution in [2.75, 3.05) is 0 Å². The van der Waals surface area contributed by atoms with Gasteiger partial charge in [0.25, 0.3) is 0 Å². The summed E-state index contributed by atoms with van der Waals surface area (Å²) in [6.07, 6.45) is 3.80. The topological polar surface area (TPSA) is 95.7 Å². The molecule has 0 amide bonds. The molecule has 63 heavy (non-hydrogen) atoms. The minimum Gasteiger partial charge on any atom is -0.460 e. The van der Waals surface area contributed by atoms with Gasteiger partial charge in [-0.25, -0.2) is 24.9 Å². The molecule has 0 saturated heterocycles. The standard InChI is InChI=1S/C55H34N6O2/c1-4-16-33(17-5-1)49-51-50(39-23-11-13-28-44(39)63-51)57-54(56-49)41-25-15-29-45-48(41)38-31-30-35(32-46(38)62-45)53-58-52(34-18-6-2-7-19-34)59-55(60-53)40-24-14-27-43-47(40)37-22-10-12-26-42(37)61(43)36-20-8-3-9-21-36/h1-14,16-28,30-32H,15,29H2. The van der Waals surface area contributed by atoms with E-state index in [1.54, 1.807) is 0 Å². The van der Waals surface area contributed by atoms with Crippen molar-refractivity contribution in [2.24, 2.45) is 0 Å². The lowest BCUT2D eigenvalue weighted by Crippen LogP contribution is -2.03. The Morgan fingerprint density at radius 1 is 0.460 bits per heavy atom. The third-order valence-corrected chi connectivity index (χ3v) is 12.1. The summed E-state index contributed by atoms with van der Waals surface area (Å²) in [5.41, 5.74) is 12.6. The summed E-state index contributed by atoms with van der Waals surface area (Å²) in [5.74, 6) is 3.29. The summed E-state index contributed by atoms with van der Waals surface area (Å²) in [5, 5.41) is 4.15. The van der Waals surface area contributed by atoms with Crippen LogP contribution in [0, 0.1) is 0 Å². The summed E-state index contributed by atoms with van der Waals surface area (Å²) in [7, 11) is 0. The molecule has 0 atom stereocenters. The van der Waals surface area contributed by atoms with Gasteiger partial charge < -0.3 is 13.4 Å². The predicted octanol–water partition coefficient (Wildman–Crippen LogP) is 13.5. The average molecular weight is 811 g/mol. The monoisotopic (exact) mass is 810 g/mol. The van der Waals surface area contributed by atoms with Gasteiger partial charge in [-0.3, -0.25) is 0 Å². The third kappa shape index (κ3) is 5.65. The number of aromatic nitrogens is 6. The van der Waals surface area contributed by atoms with E-state index in [1.165, 1.54) is 0 Å². The molecule has 0 unspecified atom stereocenters. The number of hydrogen-bond donors (Lipinski definition) is 0. The number of rotatable bonds is 6. The van der Waals surface area contributed by atoms with E-state index in [-0.39, 0.29) is 0 Å². The zero-order valence-corrected chi connectivity index (χ0v) is 33.7. The number of aryl methyl sites for hydroxylation is 1. The lowest BCUT2D eigenvalue weighted by molar-refractivity contribution is 0.545. The number of allylic oxidation sites excluding steroid dienone is 1. The third-order valence-electron chi connectivity index (χ3n) is 12.1. The molecule has 8 nitrogen and oxygen atoms in total. The molecule has 8 heteroatoms. The molecule has 13 rings (SSSR count). The van der Waals surface area contributed by atoms with Gasteiger partial charge in [-0.15, -0.1) is 0 Å². The van der Waals surface area contributed by atoms with Crippen molar-refractivity contribution >= 4 is 60.4 Å². The molecule has 0 N–H and O–H groups in total. The van der Waals surface area contributed by atoms with Crippen molar-refractivity contribution in [2.45, 2.75) is 12.8 Å². The van der Waals surface area contributed by atoms with Gasteiger partial charge in [0.15, 0.2) is 28.9 Å². The van der Waals surface area contributed by atoms with E-state index in [1.807, 2.05) is 72.8 Å². The Labute approximate surface area is 360 Å². The highest BCUT2D eigenvalue weighted by atomic mass is 16.3. The Kier molecular flexibility index (Phi) is 7.86. The Bertz CT molecular complexity index is 3790. The van der Waals surface area contributed by atoms with Crippen LogP contribution in [-0.4, -0.2) is 29.5 Å². The Morgan fingerprint density at radius 3 is 1.97 bits per heavy atom. The molecule has 1 aliphatic carbocycles. The zero-order chi connectivity index (χ0) is 41.4. The van der Waals surface area contributed by atoms with Crippen molar-refractivity contribution in [3.63, 3.8) is 0 Å². The Hall–Kier alpha value is -8.49. The fourth-order valence-corrected chi connectivity index (χ4v) is 9.32. The predicted molar refractivity (Wildman–Crippen MR) is 250 cm³/mol. The summed E-state index contributed by atoms with van der Waals surface area (Å²) < 4.78 is 15.5. The quantitative estimate of drug-likeness (QED) is 0.165. The molecule has 12 aromatic rings. The summed E-state index contributed by atoms with van der Waals surface area (Å²) in [6, 6.07) is 60.0. The van der Waals surface area contributed by atoms with Gasteiger partial charge >= 0.3 is 0 Å². The first-order chi connectivity index (χ1) is 31.2. The molecule has 0 saturated carbocycles. The van der Waals surface area contributed by atoms with Gasteiger partial charge in [0.1, 0.15) is 28.1 Å². The summed E-state index contributed by atoms with van der Waals surface area (Å²) >= 11 is 0. The molecule has 0 radical (unpaired) electrons. The van der Waals surface area contributed by atoms with E-state index in [2.05, 4.69) is 114 Å². The molecule has 0 fully saturated rings. The van der Waals surface area contributed by atoms with Crippen molar-refractivity contribution in [1.29, 1.82) is 0 Å². The van der Waals surface area contributed by atoms with Crippen LogP contribution >= 0.6 is 0 Å². The van der Waals surface area contributed by atoms with Gasteiger partial charge in [-0.05, 0) is 55.0 Å². The highest BCUT2D eigenvalue weighted by molar-refractivity contribution is 6.15. The van der Waals surface area contributed by atoms with E-state index in [9.17, 15) is 0 Å². The molecular weight excluding hydrogens is 777 g/mol. The van der Waals surface area contributed by atoms with Gasteiger partial charge in [0.05, 0.1) is 11.0 Å². The van der Waals surface area contributed by atoms with Crippen LogP contribution in [0.3, 0.4) is 0 Å². The number of fused-ring (bicyclic) bond motifs is 9. The highest BCUT2D eigenvalue weighted by Gasteiger charge is 2.27. The zero-order valence-electron chi connectivity index (χ0n) is 33.7. The number of furan rings is 2. The minimum atomic E-state index is 0.558. The van der Waals surface area contributed by atoms with Gasteiger partial charge in [0.2, 0.25) is 0 Å². The van der Waals surface area contributed by atoms with E-state index in [4.69, 9.17) is 33.8 Å². The van der Waals surface area contributed by atoms with Crippen molar-refractivity contribution in [3.05, 3.63) is 199 Å². The van der Waals surface area contributed by atoms with Crippen LogP contribution in [0.5, 0.6) is 0 Å². The second-order valence-electron chi connectivity index (χ2n) is 15.9. The second-order valence-corrected chi connectivity index (χ2v) is 15.9. The maximum Gasteiger partial charge on any atom is 0.180 e. The Balaban J connectivity index is 0.974. The van der Waals surface area contributed by atoms with Gasteiger partial charge in [0, 0.05) is 67.0 Å². The first kappa shape index (κ1) is 35.3. The molecule has 296 valence electrons. The summed E-state index contributed by atoms with van der Waals surface area (Å²) in [4.78, 5) is 26.0. The molecule has 0 bridgehead atoms. The van der Waals surface area contributed by atoms with Crippen molar-refractivity contribution in [1.82, 2.24) is 29.5 Å². The number of hydrogen-bond acceptors (Lipinski definition) is 7. The maximum absolute atomic E-state index is 6.75. The fraction of sp³-hybridized carbons (Fsp3) is 0.0364. The first-order valence-electron chi connectivity index (χ1n) is 21.1. The lowest BCUT2D eigenvalue weighted by atomic mass is 9.93. The highest BCUT2D eigenvalue weighted by Crippen LogP contribution is 2.43. The van der Waals surface area contributed by atoms with Gasteiger partial charge in [-0.2, -0.15) is 0 Å². The van der Waals surface area contributed by atoms with E-state index >= 15 is 0 Å². The smallest absolute Gasteiger partial charge is 0.180 e. The second kappa shape index (κ2) is 14.0. The number of nitrogens with zero attached hydrogens (tertiary/aromatic N) is 6. The van der Waals surface area contributed by atoms with Gasteiger partial charge in [-0.1, -0.05) is 133 Å². The largest absolute Gasteiger partial charge is 0.460 e. The lowest BCUT2D eigenvalue weighted by Gasteiger charge is -2.14. The fourth-order valence-electron chi connectivity index (χ4n) is 9.32. The molecule has 0 aliphatic heterocycles. The molecule has 5 heterocycles. The SMILES string of the molecule is C1=C(c2nc(-c3ccccc3)c3oc4ccccc4c3n2)c2c(oc3cc(-c4nc(-c5ccccc5)nc(-c5cccc6c5c5ccccc5n6-c5ccccc5)n4)ccc23)CC1. The number of benzene rings is 7. The molecule has 7 aromatic carbocycles. The Morgan fingerprint density at radius 2 is 1.14 bits per heavy atom. The van der Waals surface area contributed by atoms with Crippen LogP contribution in [0.4, 0.5) is 0 Å². The number of para-hydroxylation sites is 3. The van der Waals surface area contributed by atoms with E-state index in [0.717, 1.165) is 113 Å². The van der Waals surface area contributed by atoms with Crippen LogP contribution in [0.2, 0.25) is 0 Å². The van der Waals surface area contributed by atoms with Crippen LogP contribution in [0.15, 0.2) is 191 Å². The summed E-state index contributed by atoms with van der Waals surface area (Å²) in [6.45, 7) is 0. The van der Waals surface area contributed by atoms with E-state index < -0.39 is 0 Å². The van der Waals surface area contributed by atoms with E-state index in [0.29, 0.717) is 28.9 Å². The average Bonchev–Trinajstić information content (AvgIpc) is 4.04. The first-order valence-corrected chi connectivity index (χ1v) is 21.1. The normalized spacial score (nSPS) is 12.7. The molecule has 1 aliphatic rings. The molecular formula is C55H34N6O2. The van der Waals surface area contributed by atoms with Crippen LogP contribution < -0.4 is 0 Å². The minimum absolute atomic E-state index is 0.558. The molecule has 0 spiro atoms. The maximum atomic E-state index is 6.75.